The summed E-state index contributed by atoms with van der Waals surface area (Å²) in [5, 5.41) is 3.00. The first-order valence-corrected chi connectivity index (χ1v) is 10.2. The maximum atomic E-state index is 12.1. The number of nitrogens with one attached hydrogen (secondary N) is 1. The number of carbonyl (C=O) groups is 1. The lowest BCUT2D eigenvalue weighted by Gasteiger charge is -2.33. The third kappa shape index (κ3) is 4.87. The first kappa shape index (κ1) is 19.8. The van der Waals surface area contributed by atoms with Gasteiger partial charge in [0.05, 0.1) is 17.6 Å². The number of anilines is 1. The first-order chi connectivity index (χ1) is 13.0. The van der Waals surface area contributed by atoms with Crippen LogP contribution in [-0.4, -0.2) is 58.0 Å². The van der Waals surface area contributed by atoms with E-state index >= 15 is 0 Å². The molecule has 148 valence electrons. The highest BCUT2D eigenvalue weighted by Gasteiger charge is 2.19. The predicted octanol–water partition coefficient (Wildman–Crippen LogP) is 3.18. The van der Waals surface area contributed by atoms with Crippen molar-refractivity contribution in [2.24, 2.45) is 5.92 Å². The van der Waals surface area contributed by atoms with E-state index in [1.807, 2.05) is 12.1 Å². The Labute approximate surface area is 162 Å². The molecule has 1 fully saturated rings. The number of imidazole rings is 1. The van der Waals surface area contributed by atoms with Crippen LogP contribution in [-0.2, 0) is 17.9 Å². The average molecular weight is 372 g/mol. The van der Waals surface area contributed by atoms with Gasteiger partial charge in [-0.2, -0.15) is 0 Å². The molecule has 0 unspecified atom stereocenters. The molecular formula is C21H33N5O. The molecule has 1 aromatic carbocycles. The minimum atomic E-state index is 0.0632. The number of likely N-dealkylation sites (N-methyl/N-ethyl adjacent to an activating group) is 1. The molecule has 1 aliphatic rings. The van der Waals surface area contributed by atoms with E-state index in [0.29, 0.717) is 12.3 Å². The van der Waals surface area contributed by atoms with E-state index in [1.165, 1.54) is 0 Å². The summed E-state index contributed by atoms with van der Waals surface area (Å²) in [7, 11) is 0. The minimum absolute atomic E-state index is 0.0632. The van der Waals surface area contributed by atoms with Crippen LogP contribution < -0.4 is 5.32 Å². The van der Waals surface area contributed by atoms with Crippen LogP contribution in [0.5, 0.6) is 0 Å². The molecule has 0 saturated carbocycles. The lowest BCUT2D eigenvalue weighted by Crippen LogP contribution is -2.45. The van der Waals surface area contributed by atoms with Crippen molar-refractivity contribution >= 4 is 22.6 Å². The fraction of sp³-hybridized carbons (Fsp3) is 0.619. The summed E-state index contributed by atoms with van der Waals surface area (Å²) < 4.78 is 2.29. The summed E-state index contributed by atoms with van der Waals surface area (Å²) in [6.45, 7) is 15.9. The molecule has 3 rings (SSSR count). The molecule has 0 spiro atoms. The van der Waals surface area contributed by atoms with Crippen molar-refractivity contribution < 1.29 is 4.79 Å². The zero-order chi connectivity index (χ0) is 19.4. The van der Waals surface area contributed by atoms with Crippen molar-refractivity contribution in [2.75, 3.05) is 38.0 Å². The number of amides is 1. The largest absolute Gasteiger partial charge is 0.327 e. The second-order valence-corrected chi connectivity index (χ2v) is 7.83. The van der Waals surface area contributed by atoms with Crippen molar-refractivity contribution in [2.45, 2.75) is 47.2 Å². The minimum Gasteiger partial charge on any atom is -0.327 e. The number of nitrogens with zero attached hydrogens (tertiary/aromatic N) is 4. The van der Waals surface area contributed by atoms with Crippen LogP contribution in [0.3, 0.4) is 0 Å². The second-order valence-electron chi connectivity index (χ2n) is 7.83. The molecule has 27 heavy (non-hydrogen) atoms. The summed E-state index contributed by atoms with van der Waals surface area (Å²) >= 11 is 0. The Morgan fingerprint density at radius 3 is 2.44 bits per heavy atom. The van der Waals surface area contributed by atoms with Crippen molar-refractivity contribution in [3.63, 3.8) is 0 Å². The lowest BCUT2D eigenvalue weighted by atomic mass is 10.1. The van der Waals surface area contributed by atoms with Gasteiger partial charge >= 0.3 is 0 Å². The third-order valence-electron chi connectivity index (χ3n) is 5.30. The van der Waals surface area contributed by atoms with E-state index in [9.17, 15) is 4.79 Å². The molecule has 1 aromatic heterocycles. The number of hydrogen-bond donors (Lipinski definition) is 1. The molecule has 0 radical (unpaired) electrons. The molecule has 2 aromatic rings. The number of benzene rings is 1. The molecule has 1 aliphatic heterocycles. The standard InChI is InChI=1S/C21H33N5O/c1-5-24-9-11-25(12-10-24)15-20-23-18-14-17(22-21(27)13-16(3)4)7-8-19(18)26(20)6-2/h7-8,14,16H,5-6,9-13,15H2,1-4H3,(H,22,27). The van der Waals surface area contributed by atoms with Crippen molar-refractivity contribution in [3.05, 3.63) is 24.0 Å². The highest BCUT2D eigenvalue weighted by Crippen LogP contribution is 2.22. The molecule has 2 heterocycles. The van der Waals surface area contributed by atoms with Crippen LogP contribution in [0.25, 0.3) is 11.0 Å². The molecule has 6 nitrogen and oxygen atoms in total. The van der Waals surface area contributed by atoms with Gasteiger partial charge in [-0.1, -0.05) is 20.8 Å². The quantitative estimate of drug-likeness (QED) is 0.812. The van der Waals surface area contributed by atoms with Crippen LogP contribution in [0.4, 0.5) is 5.69 Å². The fourth-order valence-electron chi connectivity index (χ4n) is 3.78. The van der Waals surface area contributed by atoms with Crippen molar-refractivity contribution in [1.29, 1.82) is 0 Å². The Kier molecular flexibility index (Phi) is 6.50. The van der Waals surface area contributed by atoms with Crippen LogP contribution in [0, 0.1) is 5.92 Å². The van der Waals surface area contributed by atoms with Crippen LogP contribution in [0.15, 0.2) is 18.2 Å². The molecule has 0 atom stereocenters. The number of rotatable bonds is 7. The van der Waals surface area contributed by atoms with Crippen LogP contribution in [0.2, 0.25) is 0 Å². The smallest absolute Gasteiger partial charge is 0.224 e. The van der Waals surface area contributed by atoms with Gasteiger partial charge in [-0.25, -0.2) is 4.98 Å². The monoisotopic (exact) mass is 371 g/mol. The Morgan fingerprint density at radius 2 is 1.81 bits per heavy atom. The number of hydrogen-bond acceptors (Lipinski definition) is 4. The Morgan fingerprint density at radius 1 is 1.11 bits per heavy atom. The Balaban J connectivity index is 1.75. The van der Waals surface area contributed by atoms with Crippen LogP contribution in [0.1, 0.15) is 39.9 Å². The highest BCUT2D eigenvalue weighted by atomic mass is 16.1. The Bertz CT molecular complexity index is 774. The molecule has 0 aliphatic carbocycles. The topological polar surface area (TPSA) is 53.4 Å². The highest BCUT2D eigenvalue weighted by molar-refractivity contribution is 5.93. The average Bonchev–Trinajstić information content (AvgIpc) is 2.97. The summed E-state index contributed by atoms with van der Waals surface area (Å²) in [6.07, 6.45) is 0.538. The summed E-state index contributed by atoms with van der Waals surface area (Å²) in [4.78, 5) is 21.9. The summed E-state index contributed by atoms with van der Waals surface area (Å²) in [6, 6.07) is 6.06. The van der Waals surface area contributed by atoms with Gasteiger partial charge in [0.2, 0.25) is 5.91 Å². The lowest BCUT2D eigenvalue weighted by molar-refractivity contribution is -0.116. The van der Waals surface area contributed by atoms with E-state index in [4.69, 9.17) is 4.98 Å². The normalized spacial score (nSPS) is 16.3. The van der Waals surface area contributed by atoms with E-state index in [-0.39, 0.29) is 5.91 Å². The van der Waals surface area contributed by atoms with E-state index in [2.05, 4.69) is 53.4 Å². The number of piperazine rings is 1. The number of aryl methyl sites for hydroxylation is 1. The number of fused-ring (bicyclic) bond motifs is 1. The third-order valence-corrected chi connectivity index (χ3v) is 5.30. The molecule has 1 saturated heterocycles. The van der Waals surface area contributed by atoms with Gasteiger partial charge in [-0.05, 0) is 37.6 Å². The second kappa shape index (κ2) is 8.85. The molecular weight excluding hydrogens is 338 g/mol. The van der Waals surface area contributed by atoms with Gasteiger partial charge in [-0.3, -0.25) is 9.69 Å². The first-order valence-electron chi connectivity index (χ1n) is 10.2. The number of aromatic nitrogens is 2. The fourth-order valence-corrected chi connectivity index (χ4v) is 3.78. The maximum Gasteiger partial charge on any atom is 0.224 e. The Hall–Kier alpha value is -1.92. The molecule has 6 heteroatoms. The molecule has 0 bridgehead atoms. The van der Waals surface area contributed by atoms with E-state index in [0.717, 1.165) is 68.4 Å². The van der Waals surface area contributed by atoms with Gasteiger partial charge in [-0.15, -0.1) is 0 Å². The SMILES string of the molecule is CCN1CCN(Cc2nc3cc(NC(=O)CC(C)C)ccc3n2CC)CC1. The van der Waals surface area contributed by atoms with Gasteiger partial charge in [0, 0.05) is 44.8 Å². The van der Waals surface area contributed by atoms with E-state index < -0.39 is 0 Å². The summed E-state index contributed by atoms with van der Waals surface area (Å²) in [5.41, 5.74) is 2.93. The van der Waals surface area contributed by atoms with Gasteiger partial charge in [0.25, 0.3) is 0 Å². The van der Waals surface area contributed by atoms with Crippen molar-refractivity contribution in [1.82, 2.24) is 19.4 Å². The van der Waals surface area contributed by atoms with Crippen LogP contribution >= 0.6 is 0 Å². The van der Waals surface area contributed by atoms with Crippen molar-refractivity contribution in [3.8, 4) is 0 Å². The molecule has 1 N–H and O–H groups in total. The number of carbonyl (C=O) groups excluding carboxylic acids is 1. The maximum absolute atomic E-state index is 12.1. The zero-order valence-corrected chi connectivity index (χ0v) is 17.2. The van der Waals surface area contributed by atoms with Gasteiger partial charge < -0.3 is 14.8 Å². The van der Waals surface area contributed by atoms with E-state index in [1.54, 1.807) is 0 Å². The molecule has 1 amide bonds. The predicted molar refractivity (Wildman–Crippen MR) is 111 cm³/mol. The summed E-state index contributed by atoms with van der Waals surface area (Å²) in [5.74, 6) is 1.53. The van der Waals surface area contributed by atoms with Gasteiger partial charge in [0.1, 0.15) is 5.82 Å². The zero-order valence-electron chi connectivity index (χ0n) is 17.2. The van der Waals surface area contributed by atoms with Gasteiger partial charge in [0.15, 0.2) is 0 Å².